The van der Waals surface area contributed by atoms with Gasteiger partial charge in [-0.05, 0) is 38.9 Å². The summed E-state index contributed by atoms with van der Waals surface area (Å²) in [4.78, 5) is 21.2. The lowest BCUT2D eigenvalue weighted by atomic mass is 9.96. The second kappa shape index (κ2) is 9.47. The summed E-state index contributed by atoms with van der Waals surface area (Å²) in [5.74, 6) is -0.00637. The van der Waals surface area contributed by atoms with Gasteiger partial charge in [0.15, 0.2) is 5.13 Å². The Labute approximate surface area is 167 Å². The Kier molecular flexibility index (Phi) is 7.02. The number of hydrogen-bond acceptors (Lipinski definition) is 4. The molecule has 0 N–H and O–H groups in total. The third-order valence-electron chi connectivity index (χ3n) is 5.45. The van der Waals surface area contributed by atoms with E-state index in [1.807, 2.05) is 24.3 Å². The summed E-state index contributed by atoms with van der Waals surface area (Å²) < 4.78 is 0. The van der Waals surface area contributed by atoms with E-state index < -0.39 is 0 Å². The van der Waals surface area contributed by atoms with Gasteiger partial charge in [0.2, 0.25) is 5.91 Å². The lowest BCUT2D eigenvalue weighted by molar-refractivity contribution is -0.115. The fourth-order valence-electron chi connectivity index (χ4n) is 3.85. The zero-order valence-electron chi connectivity index (χ0n) is 16.8. The number of carbonyl (C=O) groups excluding carboxylic acids is 1. The minimum Gasteiger partial charge on any atom is -0.298 e. The number of nitrogens with zero attached hydrogens (tertiary/aromatic N) is 3. The molecule has 0 unspecified atom stereocenters. The van der Waals surface area contributed by atoms with E-state index in [9.17, 15) is 4.79 Å². The lowest BCUT2D eigenvalue weighted by Crippen LogP contribution is -2.32. The second-order valence-corrected chi connectivity index (χ2v) is 8.56. The Hall–Kier alpha value is -1.72. The van der Waals surface area contributed by atoms with Crippen molar-refractivity contribution in [1.82, 2.24) is 9.88 Å². The SMILES string of the molecule is CC(=O)N(c1ccc(C)cc1)c1nc(CN(C)C2CCCCCCC2)cs1. The summed E-state index contributed by atoms with van der Waals surface area (Å²) in [6.07, 6.45) is 9.38. The monoisotopic (exact) mass is 385 g/mol. The molecule has 1 amide bonds. The van der Waals surface area contributed by atoms with Crippen molar-refractivity contribution in [2.75, 3.05) is 11.9 Å². The Bertz CT molecular complexity index is 732. The van der Waals surface area contributed by atoms with Crippen molar-refractivity contribution in [3.8, 4) is 0 Å². The van der Waals surface area contributed by atoms with E-state index in [0.717, 1.165) is 23.1 Å². The van der Waals surface area contributed by atoms with Crippen molar-refractivity contribution >= 4 is 28.1 Å². The molecule has 0 radical (unpaired) electrons. The number of amides is 1. The molecule has 3 rings (SSSR count). The van der Waals surface area contributed by atoms with E-state index in [2.05, 4.69) is 24.3 Å². The molecule has 0 saturated heterocycles. The van der Waals surface area contributed by atoms with Crippen molar-refractivity contribution in [3.05, 3.63) is 40.9 Å². The van der Waals surface area contributed by atoms with Crippen LogP contribution in [0.2, 0.25) is 0 Å². The summed E-state index contributed by atoms with van der Waals surface area (Å²) in [7, 11) is 2.22. The van der Waals surface area contributed by atoms with Gasteiger partial charge in [-0.2, -0.15) is 0 Å². The average Bonchev–Trinajstić information content (AvgIpc) is 3.04. The van der Waals surface area contributed by atoms with Crippen LogP contribution in [0, 0.1) is 6.92 Å². The van der Waals surface area contributed by atoms with Crippen LogP contribution < -0.4 is 4.90 Å². The van der Waals surface area contributed by atoms with Gasteiger partial charge in [-0.3, -0.25) is 14.6 Å². The first-order valence-corrected chi connectivity index (χ1v) is 10.9. The third-order valence-corrected chi connectivity index (χ3v) is 6.32. The molecular weight excluding hydrogens is 354 g/mol. The second-order valence-electron chi connectivity index (χ2n) is 7.73. The quantitative estimate of drug-likeness (QED) is 0.664. The molecule has 0 bridgehead atoms. The van der Waals surface area contributed by atoms with Gasteiger partial charge >= 0.3 is 0 Å². The van der Waals surface area contributed by atoms with E-state index in [0.29, 0.717) is 6.04 Å². The highest BCUT2D eigenvalue weighted by atomic mass is 32.1. The molecule has 1 aromatic carbocycles. The van der Waals surface area contributed by atoms with Crippen LogP contribution in [-0.4, -0.2) is 28.9 Å². The van der Waals surface area contributed by atoms with E-state index >= 15 is 0 Å². The first kappa shape index (κ1) is 20.0. The van der Waals surface area contributed by atoms with Crippen molar-refractivity contribution in [2.45, 2.75) is 71.4 Å². The molecule has 1 aromatic heterocycles. The maximum Gasteiger partial charge on any atom is 0.230 e. The number of anilines is 2. The summed E-state index contributed by atoms with van der Waals surface area (Å²) in [6.45, 7) is 4.50. The molecule has 1 heterocycles. The highest BCUT2D eigenvalue weighted by molar-refractivity contribution is 7.14. The number of aryl methyl sites for hydroxylation is 1. The zero-order valence-corrected chi connectivity index (χ0v) is 17.6. The van der Waals surface area contributed by atoms with Gasteiger partial charge in [-0.15, -0.1) is 11.3 Å². The summed E-state index contributed by atoms with van der Waals surface area (Å²) in [5.41, 5.74) is 3.11. The van der Waals surface area contributed by atoms with Crippen LogP contribution in [-0.2, 0) is 11.3 Å². The number of thiazole rings is 1. The highest BCUT2D eigenvalue weighted by Gasteiger charge is 2.20. The summed E-state index contributed by atoms with van der Waals surface area (Å²) in [5, 5.41) is 2.85. The van der Waals surface area contributed by atoms with E-state index in [4.69, 9.17) is 4.98 Å². The van der Waals surface area contributed by atoms with Gasteiger partial charge in [0.05, 0.1) is 11.4 Å². The Morgan fingerprint density at radius 3 is 2.37 bits per heavy atom. The van der Waals surface area contributed by atoms with Gasteiger partial charge in [0.25, 0.3) is 0 Å². The van der Waals surface area contributed by atoms with Crippen LogP contribution >= 0.6 is 11.3 Å². The lowest BCUT2D eigenvalue weighted by Gasteiger charge is -2.29. The first-order chi connectivity index (χ1) is 13.0. The van der Waals surface area contributed by atoms with Crippen molar-refractivity contribution in [3.63, 3.8) is 0 Å². The molecule has 0 aliphatic heterocycles. The molecule has 1 saturated carbocycles. The molecule has 0 spiro atoms. The number of rotatable bonds is 5. The third kappa shape index (κ3) is 5.39. The summed E-state index contributed by atoms with van der Waals surface area (Å²) in [6, 6.07) is 8.68. The molecule has 1 aliphatic rings. The van der Waals surface area contributed by atoms with E-state index in [-0.39, 0.29) is 5.91 Å². The molecule has 5 heteroatoms. The number of aromatic nitrogens is 1. The molecule has 4 nitrogen and oxygen atoms in total. The summed E-state index contributed by atoms with van der Waals surface area (Å²) >= 11 is 1.55. The topological polar surface area (TPSA) is 36.4 Å². The Morgan fingerprint density at radius 1 is 1.11 bits per heavy atom. The largest absolute Gasteiger partial charge is 0.298 e. The van der Waals surface area contributed by atoms with Gasteiger partial charge in [0.1, 0.15) is 0 Å². The van der Waals surface area contributed by atoms with Crippen LogP contribution in [0.15, 0.2) is 29.6 Å². The minimum atomic E-state index is -0.00637. The van der Waals surface area contributed by atoms with E-state index in [1.54, 1.807) is 23.2 Å². The molecule has 2 aromatic rings. The fourth-order valence-corrected chi connectivity index (χ4v) is 4.73. The highest BCUT2D eigenvalue weighted by Crippen LogP contribution is 2.30. The van der Waals surface area contributed by atoms with Crippen LogP contribution in [0.4, 0.5) is 10.8 Å². The van der Waals surface area contributed by atoms with Crippen LogP contribution in [0.1, 0.15) is 63.1 Å². The zero-order chi connectivity index (χ0) is 19.2. The van der Waals surface area contributed by atoms with Gasteiger partial charge in [-0.1, -0.05) is 49.8 Å². The Morgan fingerprint density at radius 2 is 1.74 bits per heavy atom. The predicted molar refractivity (Wildman–Crippen MR) is 114 cm³/mol. The molecule has 27 heavy (non-hydrogen) atoms. The average molecular weight is 386 g/mol. The molecule has 0 atom stereocenters. The smallest absolute Gasteiger partial charge is 0.230 e. The molecule has 146 valence electrons. The number of carbonyl (C=O) groups is 1. The number of benzene rings is 1. The maximum absolute atomic E-state index is 12.3. The fraction of sp³-hybridized carbons (Fsp3) is 0.545. The Balaban J connectivity index is 1.70. The van der Waals surface area contributed by atoms with Crippen LogP contribution in [0.3, 0.4) is 0 Å². The van der Waals surface area contributed by atoms with Gasteiger partial charge in [-0.25, -0.2) is 4.98 Å². The normalized spacial score (nSPS) is 16.1. The van der Waals surface area contributed by atoms with Crippen LogP contribution in [0.5, 0.6) is 0 Å². The number of hydrogen-bond donors (Lipinski definition) is 0. The van der Waals surface area contributed by atoms with Crippen molar-refractivity contribution in [1.29, 1.82) is 0 Å². The minimum absolute atomic E-state index is 0.00637. The van der Waals surface area contributed by atoms with Crippen LogP contribution in [0.25, 0.3) is 0 Å². The first-order valence-electron chi connectivity index (χ1n) is 10.1. The van der Waals surface area contributed by atoms with E-state index in [1.165, 1.54) is 50.5 Å². The molecule has 1 aliphatic carbocycles. The van der Waals surface area contributed by atoms with Crippen molar-refractivity contribution in [2.24, 2.45) is 0 Å². The van der Waals surface area contributed by atoms with Crippen molar-refractivity contribution < 1.29 is 4.79 Å². The maximum atomic E-state index is 12.3. The van der Waals surface area contributed by atoms with Gasteiger partial charge < -0.3 is 0 Å². The molecule has 1 fully saturated rings. The predicted octanol–water partition coefficient (Wildman–Crippen LogP) is 5.68. The van der Waals surface area contributed by atoms with Gasteiger partial charge in [0, 0.05) is 24.9 Å². The standard InChI is InChI=1S/C22H31N3OS/c1-17-11-13-21(14-12-17)25(18(2)26)22-23-19(16-27-22)15-24(3)20-9-7-5-4-6-8-10-20/h11-14,16,20H,4-10,15H2,1-3H3. The molecular formula is C22H31N3OS.